The van der Waals surface area contributed by atoms with Gasteiger partial charge in [0, 0.05) is 40.6 Å². The summed E-state index contributed by atoms with van der Waals surface area (Å²) in [7, 11) is -5.16. The molecule has 0 aromatic heterocycles. The molecule has 2 fully saturated rings. The van der Waals surface area contributed by atoms with Crippen LogP contribution in [0.5, 0.6) is 0 Å². The monoisotopic (exact) mass is 1480 g/mol. The molecule has 2 aliphatic heterocycles. The number of phosphoric ester groups is 2. The normalized spacial score (nSPS) is 21.6. The molecular formula is C80H150O19P2. The molecule has 0 aromatic rings. The number of aliphatic hydroxyl groups excluding tert-OH is 1. The fraction of sp³-hybridized carbons (Fsp3) is 0.875. The smallest absolute Gasteiger partial charge is 0.387 e. The van der Waals surface area contributed by atoms with E-state index in [4.69, 9.17) is 74.5 Å². The van der Waals surface area contributed by atoms with Crippen LogP contribution in [-0.2, 0) is 83.6 Å². The molecule has 0 saturated carbocycles. The molecule has 2 saturated heterocycles. The maximum absolute atomic E-state index is 14.8. The highest BCUT2D eigenvalue weighted by atomic mass is 31.2. The van der Waals surface area contributed by atoms with Crippen molar-refractivity contribution < 1.29 is 88.7 Å². The summed E-state index contributed by atoms with van der Waals surface area (Å²) in [6, 6.07) is 0. The highest BCUT2D eigenvalue weighted by Gasteiger charge is 2.53. The molecule has 2 rings (SSSR count). The van der Waals surface area contributed by atoms with Crippen molar-refractivity contribution in [1.29, 1.82) is 0 Å². The van der Waals surface area contributed by atoms with Gasteiger partial charge in [0.1, 0.15) is 48.8 Å². The van der Waals surface area contributed by atoms with E-state index in [1.807, 2.05) is 0 Å². The van der Waals surface area contributed by atoms with E-state index < -0.39 is 77.1 Å². The van der Waals surface area contributed by atoms with Gasteiger partial charge in [-0.25, -0.2) is 9.13 Å². The Balaban J connectivity index is 2.64. The van der Waals surface area contributed by atoms with E-state index in [-0.39, 0.29) is 65.6 Å². The number of hydrogen-bond acceptors (Lipinski definition) is 19. The largest absolute Gasteiger partial charge is 0.475 e. The second-order valence-corrected chi connectivity index (χ2v) is 30.7. The number of hydrogen-bond donors (Lipinski definition) is 1. The lowest BCUT2D eigenvalue weighted by Crippen LogP contribution is -2.64. The highest BCUT2D eigenvalue weighted by Crippen LogP contribution is 2.53. The van der Waals surface area contributed by atoms with Crippen molar-refractivity contribution in [3.8, 4) is 0 Å². The molecule has 21 heteroatoms. The van der Waals surface area contributed by atoms with Crippen molar-refractivity contribution in [1.82, 2.24) is 0 Å². The molecule has 594 valence electrons. The van der Waals surface area contributed by atoms with Crippen LogP contribution in [0.15, 0.2) is 62.8 Å². The van der Waals surface area contributed by atoms with Gasteiger partial charge in [0.2, 0.25) is 0 Å². The molecule has 1 N–H and O–H groups in total. The van der Waals surface area contributed by atoms with Gasteiger partial charge in [0.25, 0.3) is 0 Å². The summed E-state index contributed by atoms with van der Waals surface area (Å²) in [5, 5.41) is 12.8. The third kappa shape index (κ3) is 47.1. The lowest BCUT2D eigenvalue weighted by atomic mass is 9.97. The topological polar surface area (TPSA) is 202 Å². The van der Waals surface area contributed by atoms with Crippen molar-refractivity contribution in [3.63, 3.8) is 0 Å². The molecule has 0 radical (unpaired) electrons. The Labute approximate surface area is 616 Å². The van der Waals surface area contributed by atoms with Gasteiger partial charge in [-0.2, -0.15) is 0 Å². The van der Waals surface area contributed by atoms with E-state index in [2.05, 4.69) is 66.2 Å². The van der Waals surface area contributed by atoms with Gasteiger partial charge in [-0.15, -0.1) is 26.3 Å². The minimum Gasteiger partial charge on any atom is -0.387 e. The average molecular weight is 1480 g/mol. The number of rotatable bonds is 76. The van der Waals surface area contributed by atoms with Crippen LogP contribution in [0.4, 0.5) is 0 Å². The Morgan fingerprint density at radius 2 is 0.743 bits per heavy atom. The summed E-state index contributed by atoms with van der Waals surface area (Å²) in [4.78, 5) is 0. The molecular weight excluding hydrogens is 1330 g/mol. The third-order valence-electron chi connectivity index (χ3n) is 18.5. The van der Waals surface area contributed by atoms with Crippen molar-refractivity contribution in [3.05, 3.63) is 62.8 Å². The van der Waals surface area contributed by atoms with E-state index in [0.717, 1.165) is 109 Å². The maximum atomic E-state index is 14.8. The first-order chi connectivity index (χ1) is 49.5. The van der Waals surface area contributed by atoms with Crippen LogP contribution in [0.25, 0.3) is 0 Å². The van der Waals surface area contributed by atoms with Crippen LogP contribution in [0.1, 0.15) is 291 Å². The molecule has 101 heavy (non-hydrogen) atoms. The third-order valence-corrected chi connectivity index (χ3v) is 21.4. The van der Waals surface area contributed by atoms with Crippen molar-refractivity contribution in [2.75, 3.05) is 93.5 Å². The van der Waals surface area contributed by atoms with E-state index in [0.29, 0.717) is 26.2 Å². The SMILES string of the molecule is C=CCOP(=O)(OCC=C)OCCO[C@H]1O[C@H](CO[C@@H]2O[C@H](COC)[C@@H](OP(=O)(OCC=C)OCC=C)[C@H](OCC[C@@H](CCCCCCC)OC)[C@H]2OCCCCCCCCCC/C=C\CCCCCC)[C@@H](O)[C@H](OCCCCCCCCCCCC)[C@H]1OCCCCCCCCCCCC. The predicted molar refractivity (Wildman–Crippen MR) is 409 cm³/mol. The number of ether oxygens (including phenoxy) is 10. The van der Waals surface area contributed by atoms with Crippen LogP contribution in [-0.4, -0.2) is 166 Å². The van der Waals surface area contributed by atoms with Gasteiger partial charge in [-0.3, -0.25) is 27.1 Å². The van der Waals surface area contributed by atoms with Crippen LogP contribution >= 0.6 is 15.6 Å². The zero-order chi connectivity index (χ0) is 73.4. The fourth-order valence-corrected chi connectivity index (χ4v) is 15.1. The van der Waals surface area contributed by atoms with Gasteiger partial charge in [-0.1, -0.05) is 270 Å². The molecule has 0 bridgehead atoms. The Morgan fingerprint density at radius 1 is 0.366 bits per heavy atom. The van der Waals surface area contributed by atoms with E-state index in [9.17, 15) is 14.2 Å². The number of aliphatic hydroxyl groups is 1. The second-order valence-electron chi connectivity index (χ2n) is 27.4. The first kappa shape index (κ1) is 95.6. The van der Waals surface area contributed by atoms with Crippen molar-refractivity contribution in [2.45, 2.75) is 358 Å². The minimum atomic E-state index is -4.38. The number of unbranched alkanes of at least 4 members (excludes halogenated alkanes) is 34. The fourth-order valence-electron chi connectivity index (χ4n) is 12.6. The maximum Gasteiger partial charge on any atom is 0.475 e. The van der Waals surface area contributed by atoms with Gasteiger partial charge >= 0.3 is 15.6 Å². The van der Waals surface area contributed by atoms with E-state index in [1.165, 1.54) is 172 Å². The quantitative estimate of drug-likeness (QED) is 0.0342. The summed E-state index contributed by atoms with van der Waals surface area (Å²) in [6.45, 7) is 24.1. The standard InChI is InChI=1S/C80H150O19P2/c1-11-19-23-27-30-33-36-37-38-39-40-41-44-47-51-55-64-88-78-76(89-65-57-70(85-10)56-52-48-26-22-14-4)74(99-101(83,94-60-17-7)95-61-18-8)72(68-84-9)98-80(78)91-69-71-73(81)75(86-62-53-49-45-42-34-31-28-24-20-12-2)77(87-63-54-50-46-43-35-32-29-25-21-13-3)79(97-71)90-66-67-96-100(82,92-58-15-5)93-59-16-6/h15-18,33,36,70-81H,5-8,11-14,19-32,34-35,37-69H2,1-4,9-10H3/b36-33-/t70-,71-,72-,73-,74-,75+,76+,77-,78-,79+,80-/m1/s1. The minimum absolute atomic E-state index is 0.0496. The van der Waals surface area contributed by atoms with Crippen molar-refractivity contribution in [2.24, 2.45) is 0 Å². The van der Waals surface area contributed by atoms with Crippen LogP contribution in [0.2, 0.25) is 0 Å². The van der Waals surface area contributed by atoms with Crippen LogP contribution < -0.4 is 0 Å². The van der Waals surface area contributed by atoms with E-state index >= 15 is 0 Å². The zero-order valence-corrected chi connectivity index (χ0v) is 66.6. The lowest BCUT2D eigenvalue weighted by molar-refractivity contribution is -0.343. The highest BCUT2D eigenvalue weighted by molar-refractivity contribution is 7.48. The first-order valence-electron chi connectivity index (χ1n) is 40.4. The molecule has 0 aromatic carbocycles. The Bertz CT molecular complexity index is 2010. The molecule has 2 heterocycles. The van der Waals surface area contributed by atoms with E-state index in [1.54, 1.807) is 14.2 Å². The Hall–Kier alpha value is -1.52. The summed E-state index contributed by atoms with van der Waals surface area (Å²) in [5.74, 6) is 0. The summed E-state index contributed by atoms with van der Waals surface area (Å²) < 4.78 is 130. The van der Waals surface area contributed by atoms with Crippen molar-refractivity contribution >= 4 is 15.6 Å². The zero-order valence-electron chi connectivity index (χ0n) is 64.8. The molecule has 0 unspecified atom stereocenters. The molecule has 0 aliphatic carbocycles. The summed E-state index contributed by atoms with van der Waals surface area (Å²) in [6.07, 6.45) is 46.2. The van der Waals surface area contributed by atoms with Crippen LogP contribution in [0, 0.1) is 0 Å². The molecule has 2 aliphatic rings. The summed E-state index contributed by atoms with van der Waals surface area (Å²) >= 11 is 0. The molecule has 0 amide bonds. The van der Waals surface area contributed by atoms with Crippen LogP contribution in [0.3, 0.4) is 0 Å². The number of methoxy groups -OCH3 is 2. The average Bonchev–Trinajstić information content (AvgIpc) is 0.789. The van der Waals surface area contributed by atoms with Gasteiger partial charge in [0.05, 0.1) is 59.0 Å². The molecule has 11 atom stereocenters. The van der Waals surface area contributed by atoms with Gasteiger partial charge < -0.3 is 52.5 Å². The number of phosphoric acid groups is 2. The second kappa shape index (κ2) is 66.7. The Kier molecular flexibility index (Phi) is 63.1. The molecule has 19 nitrogen and oxygen atoms in total. The number of allylic oxidation sites excluding steroid dienone is 2. The summed E-state index contributed by atoms with van der Waals surface area (Å²) in [5.41, 5.74) is 0. The molecule has 0 spiro atoms. The van der Waals surface area contributed by atoms with Gasteiger partial charge in [0.15, 0.2) is 12.6 Å². The Morgan fingerprint density at radius 3 is 1.19 bits per heavy atom. The van der Waals surface area contributed by atoms with Gasteiger partial charge in [-0.05, 0) is 57.8 Å². The lowest BCUT2D eigenvalue weighted by Gasteiger charge is -2.47. The first-order valence-corrected chi connectivity index (χ1v) is 43.3. The predicted octanol–water partition coefficient (Wildman–Crippen LogP) is 21.1.